The number of amides is 1. The molecule has 1 amide bonds. The lowest BCUT2D eigenvalue weighted by molar-refractivity contribution is 0.0940. The number of anilines is 1. The number of hydrogen-bond donors (Lipinski definition) is 2. The number of carbonyl (C=O) groups excluding carboxylic acids is 1. The van der Waals surface area contributed by atoms with Crippen LogP contribution in [0.1, 0.15) is 36.3 Å². The fraction of sp³-hybridized carbons (Fsp3) is 0.615. The molecule has 5 heteroatoms. The summed E-state index contributed by atoms with van der Waals surface area (Å²) in [5.74, 6) is 1.55. The highest BCUT2D eigenvalue weighted by atomic mass is 32.2. The monoisotopic (exact) mass is 267 g/mol. The normalized spacial score (nSPS) is 16.6. The van der Waals surface area contributed by atoms with Gasteiger partial charge in [-0.1, -0.05) is 6.92 Å². The summed E-state index contributed by atoms with van der Waals surface area (Å²) in [6.07, 6.45) is 6.25. The van der Waals surface area contributed by atoms with E-state index >= 15 is 0 Å². The first kappa shape index (κ1) is 13.3. The van der Waals surface area contributed by atoms with Gasteiger partial charge in [-0.05, 0) is 36.8 Å². The van der Waals surface area contributed by atoms with Crippen LogP contribution >= 0.6 is 11.8 Å². The number of nitrogen functional groups attached to an aromatic ring is 1. The van der Waals surface area contributed by atoms with Gasteiger partial charge in [0.05, 0.1) is 5.69 Å². The van der Waals surface area contributed by atoms with Crippen molar-refractivity contribution in [3.05, 3.63) is 18.0 Å². The van der Waals surface area contributed by atoms with E-state index in [1.807, 2.05) is 10.8 Å². The van der Waals surface area contributed by atoms with Crippen molar-refractivity contribution in [3.63, 3.8) is 0 Å². The highest BCUT2D eigenvalue weighted by molar-refractivity contribution is 7.98. The molecule has 0 spiro atoms. The molecule has 1 unspecified atom stereocenters. The van der Waals surface area contributed by atoms with Gasteiger partial charge in [-0.25, -0.2) is 0 Å². The van der Waals surface area contributed by atoms with E-state index in [1.54, 1.807) is 17.8 Å². The zero-order chi connectivity index (χ0) is 13.1. The van der Waals surface area contributed by atoms with Crippen LogP contribution in [-0.4, -0.2) is 29.0 Å². The van der Waals surface area contributed by atoms with E-state index in [9.17, 15) is 4.79 Å². The molecule has 1 heterocycles. The van der Waals surface area contributed by atoms with Gasteiger partial charge in [-0.15, -0.1) is 0 Å². The summed E-state index contributed by atoms with van der Waals surface area (Å²) >= 11 is 1.80. The number of nitrogens with zero attached hydrogens (tertiary/aromatic N) is 1. The van der Waals surface area contributed by atoms with Crippen molar-refractivity contribution in [2.45, 2.75) is 25.8 Å². The topological polar surface area (TPSA) is 60.1 Å². The third-order valence-corrected chi connectivity index (χ3v) is 4.01. The molecule has 2 rings (SSSR count). The molecule has 0 aliphatic heterocycles. The first-order valence-electron chi connectivity index (χ1n) is 6.36. The van der Waals surface area contributed by atoms with Crippen molar-refractivity contribution in [3.8, 4) is 0 Å². The van der Waals surface area contributed by atoms with E-state index in [0.717, 1.165) is 25.1 Å². The Morgan fingerprint density at radius 2 is 2.39 bits per heavy atom. The first-order chi connectivity index (χ1) is 8.61. The Balaban J connectivity index is 1.96. The number of rotatable bonds is 6. The second-order valence-corrected chi connectivity index (χ2v) is 5.98. The third kappa shape index (κ3) is 3.22. The van der Waals surface area contributed by atoms with E-state index < -0.39 is 0 Å². The molecule has 1 aliphatic rings. The zero-order valence-electron chi connectivity index (χ0n) is 11.0. The van der Waals surface area contributed by atoms with E-state index in [4.69, 9.17) is 5.73 Å². The molecule has 18 heavy (non-hydrogen) atoms. The molecule has 1 fully saturated rings. The molecule has 0 saturated heterocycles. The maximum absolute atomic E-state index is 12.1. The second kappa shape index (κ2) is 5.69. The summed E-state index contributed by atoms with van der Waals surface area (Å²) in [7, 11) is 0. The third-order valence-electron chi connectivity index (χ3n) is 3.10. The predicted molar refractivity (Wildman–Crippen MR) is 77.0 cm³/mol. The number of thioether (sulfide) groups is 1. The molecule has 4 nitrogen and oxygen atoms in total. The minimum atomic E-state index is -0.00782. The van der Waals surface area contributed by atoms with Gasteiger partial charge in [-0.2, -0.15) is 11.8 Å². The fourth-order valence-corrected chi connectivity index (χ4v) is 2.73. The Bertz CT molecular complexity index is 426. The van der Waals surface area contributed by atoms with Crippen molar-refractivity contribution in [1.82, 2.24) is 9.88 Å². The molecule has 1 aromatic heterocycles. The predicted octanol–water partition coefficient (Wildman–Crippen LogP) is 2.13. The van der Waals surface area contributed by atoms with Crippen LogP contribution < -0.4 is 11.1 Å². The van der Waals surface area contributed by atoms with E-state index in [2.05, 4.69) is 18.5 Å². The Kier molecular flexibility index (Phi) is 4.22. The minimum absolute atomic E-state index is 0.00782. The summed E-state index contributed by atoms with van der Waals surface area (Å²) in [4.78, 5) is 12.1. The minimum Gasteiger partial charge on any atom is -0.397 e. The van der Waals surface area contributed by atoms with E-state index in [1.165, 1.54) is 0 Å². The molecule has 1 atom stereocenters. The van der Waals surface area contributed by atoms with Gasteiger partial charge in [0.1, 0.15) is 5.69 Å². The molecule has 0 aromatic carbocycles. The van der Waals surface area contributed by atoms with Gasteiger partial charge < -0.3 is 15.6 Å². The van der Waals surface area contributed by atoms with Gasteiger partial charge in [0, 0.05) is 18.8 Å². The first-order valence-corrected chi connectivity index (χ1v) is 7.75. The summed E-state index contributed by atoms with van der Waals surface area (Å²) < 4.78 is 2.02. The Labute approximate surface area is 112 Å². The SMILES string of the molecule is CSCC(C)CNC(=O)c1cc(N)cn1C1CC1. The molecule has 0 bridgehead atoms. The van der Waals surface area contributed by atoms with Crippen LogP contribution in [0.4, 0.5) is 5.69 Å². The quantitative estimate of drug-likeness (QED) is 0.830. The summed E-state index contributed by atoms with van der Waals surface area (Å²) in [5, 5.41) is 2.99. The fourth-order valence-electron chi connectivity index (χ4n) is 2.04. The highest BCUT2D eigenvalue weighted by Gasteiger charge is 2.27. The summed E-state index contributed by atoms with van der Waals surface area (Å²) in [6, 6.07) is 2.25. The molecule has 100 valence electrons. The van der Waals surface area contributed by atoms with Gasteiger partial charge in [0.15, 0.2) is 0 Å². The van der Waals surface area contributed by atoms with Gasteiger partial charge in [0.25, 0.3) is 5.91 Å². The lowest BCUT2D eigenvalue weighted by atomic mass is 10.2. The van der Waals surface area contributed by atoms with Gasteiger partial charge >= 0.3 is 0 Å². The van der Waals surface area contributed by atoms with Crippen LogP contribution in [0.15, 0.2) is 12.3 Å². The van der Waals surface area contributed by atoms with Crippen molar-refractivity contribution >= 4 is 23.4 Å². The van der Waals surface area contributed by atoms with Crippen molar-refractivity contribution in [1.29, 1.82) is 0 Å². The molecular formula is C13H21N3OS. The van der Waals surface area contributed by atoms with E-state index in [-0.39, 0.29) is 5.91 Å². The van der Waals surface area contributed by atoms with Crippen LogP contribution in [0, 0.1) is 5.92 Å². The van der Waals surface area contributed by atoms with Crippen LogP contribution in [0.5, 0.6) is 0 Å². The number of carbonyl (C=O) groups is 1. The van der Waals surface area contributed by atoms with Crippen LogP contribution in [0.2, 0.25) is 0 Å². The van der Waals surface area contributed by atoms with Gasteiger partial charge in [0.2, 0.25) is 0 Å². The number of aromatic nitrogens is 1. The Morgan fingerprint density at radius 1 is 1.67 bits per heavy atom. The highest BCUT2D eigenvalue weighted by Crippen LogP contribution is 2.37. The van der Waals surface area contributed by atoms with Crippen LogP contribution in [0.25, 0.3) is 0 Å². The van der Waals surface area contributed by atoms with Gasteiger partial charge in [-0.3, -0.25) is 4.79 Å². The smallest absolute Gasteiger partial charge is 0.268 e. The average Bonchev–Trinajstić information content (AvgIpc) is 3.10. The molecule has 3 N–H and O–H groups in total. The molecule has 1 saturated carbocycles. The number of nitrogens with two attached hydrogens (primary N) is 1. The second-order valence-electron chi connectivity index (χ2n) is 5.07. The Hall–Kier alpha value is -1.10. The molecule has 1 aliphatic carbocycles. The van der Waals surface area contributed by atoms with Crippen molar-refractivity contribution in [2.24, 2.45) is 5.92 Å². The number of nitrogens with one attached hydrogen (secondary N) is 1. The zero-order valence-corrected chi connectivity index (χ0v) is 11.8. The van der Waals surface area contributed by atoms with Crippen LogP contribution in [0.3, 0.4) is 0 Å². The van der Waals surface area contributed by atoms with Crippen molar-refractivity contribution in [2.75, 3.05) is 24.3 Å². The molecular weight excluding hydrogens is 246 g/mol. The number of hydrogen-bond acceptors (Lipinski definition) is 3. The maximum atomic E-state index is 12.1. The van der Waals surface area contributed by atoms with Crippen LogP contribution in [-0.2, 0) is 0 Å². The van der Waals surface area contributed by atoms with E-state index in [0.29, 0.717) is 23.3 Å². The largest absolute Gasteiger partial charge is 0.397 e. The standard InChI is InChI=1S/C13H21N3OS/c1-9(8-18-2)6-15-13(17)12-5-10(14)7-16(12)11-3-4-11/h5,7,9,11H,3-4,6,8,14H2,1-2H3,(H,15,17). The Morgan fingerprint density at radius 3 is 3.00 bits per heavy atom. The molecule has 0 radical (unpaired) electrons. The maximum Gasteiger partial charge on any atom is 0.268 e. The summed E-state index contributed by atoms with van der Waals surface area (Å²) in [6.45, 7) is 2.86. The average molecular weight is 267 g/mol. The lowest BCUT2D eigenvalue weighted by Gasteiger charge is -2.12. The molecule has 1 aromatic rings. The summed E-state index contributed by atoms with van der Waals surface area (Å²) in [5.41, 5.74) is 7.15. The van der Waals surface area contributed by atoms with Crippen molar-refractivity contribution < 1.29 is 4.79 Å². The lowest BCUT2D eigenvalue weighted by Crippen LogP contribution is -2.30.